The summed E-state index contributed by atoms with van der Waals surface area (Å²) in [6.07, 6.45) is 2.41. The van der Waals surface area contributed by atoms with Gasteiger partial charge in [0.1, 0.15) is 0 Å². The number of aromatic nitrogens is 2. The van der Waals surface area contributed by atoms with Crippen molar-refractivity contribution < 1.29 is 8.42 Å². The Morgan fingerprint density at radius 2 is 2.14 bits per heavy atom. The van der Waals surface area contributed by atoms with Gasteiger partial charge in [0.05, 0.1) is 0 Å². The number of hydrogen-bond acceptors (Lipinski definition) is 5. The van der Waals surface area contributed by atoms with Gasteiger partial charge in [-0.25, -0.2) is 18.1 Å². The molecule has 0 aromatic carbocycles. The lowest BCUT2D eigenvalue weighted by Crippen LogP contribution is -2.30. The third kappa shape index (κ3) is 3.75. The minimum absolute atomic E-state index is 0.0121. The summed E-state index contributed by atoms with van der Waals surface area (Å²) in [6.45, 7) is 7.36. The van der Waals surface area contributed by atoms with Crippen LogP contribution >= 0.6 is 22.9 Å². The van der Waals surface area contributed by atoms with Crippen molar-refractivity contribution in [2.75, 3.05) is 26.2 Å². The van der Waals surface area contributed by atoms with Crippen molar-refractivity contribution in [2.24, 2.45) is 0 Å². The molecule has 0 aliphatic heterocycles. The third-order valence-corrected chi connectivity index (χ3v) is 5.89. The number of imidazole rings is 1. The Balaban J connectivity index is 2.02. The summed E-state index contributed by atoms with van der Waals surface area (Å²) in [6, 6.07) is 0. The molecule has 0 atom stereocenters. The van der Waals surface area contributed by atoms with Crippen molar-refractivity contribution in [1.82, 2.24) is 19.0 Å². The van der Waals surface area contributed by atoms with Gasteiger partial charge in [0.15, 0.2) is 15.1 Å². The Bertz CT molecular complexity index is 691. The highest BCUT2D eigenvalue weighted by atomic mass is 35.5. The van der Waals surface area contributed by atoms with Gasteiger partial charge in [-0.2, -0.15) is 0 Å². The summed E-state index contributed by atoms with van der Waals surface area (Å²) in [7, 11) is -3.65. The summed E-state index contributed by atoms with van der Waals surface area (Å²) < 4.78 is 28.8. The summed E-state index contributed by atoms with van der Waals surface area (Å²) in [5.41, 5.74) is 0. The van der Waals surface area contributed by atoms with Crippen LogP contribution < -0.4 is 4.72 Å². The number of hydrogen-bond donors (Lipinski definition) is 1. The van der Waals surface area contributed by atoms with Crippen molar-refractivity contribution in [1.29, 1.82) is 0 Å². The van der Waals surface area contributed by atoms with Crippen LogP contribution in [0.1, 0.15) is 20.3 Å². The summed E-state index contributed by atoms with van der Waals surface area (Å²) in [5, 5.41) is 1.80. The van der Waals surface area contributed by atoms with Gasteiger partial charge in [0, 0.05) is 18.1 Å². The summed E-state index contributed by atoms with van der Waals surface area (Å²) in [4.78, 5) is 6.86. The normalized spacial score (nSPS) is 12.6. The standard InChI is InChI=1S/C12H19ClN4O2S2/c1-3-16(4-2)7-5-6-14-21(18,19)11-10(13)15-12-17(11)8-9-20-12/h8-9,14H,3-7H2,1-2H3. The summed E-state index contributed by atoms with van der Waals surface area (Å²) in [5.74, 6) is 0. The van der Waals surface area contributed by atoms with Gasteiger partial charge in [-0.05, 0) is 26.1 Å². The first-order chi connectivity index (χ1) is 9.99. The van der Waals surface area contributed by atoms with Gasteiger partial charge in [0.25, 0.3) is 10.0 Å². The van der Waals surface area contributed by atoms with Crippen molar-refractivity contribution in [3.63, 3.8) is 0 Å². The zero-order valence-electron chi connectivity index (χ0n) is 12.0. The molecule has 0 unspecified atom stereocenters. The van der Waals surface area contributed by atoms with Crippen LogP contribution in [-0.4, -0.2) is 48.9 Å². The number of thiazole rings is 1. The van der Waals surface area contributed by atoms with E-state index >= 15 is 0 Å². The Hall–Kier alpha value is -0.670. The highest BCUT2D eigenvalue weighted by Gasteiger charge is 2.24. The number of halogens is 1. The van der Waals surface area contributed by atoms with Gasteiger partial charge >= 0.3 is 0 Å². The minimum Gasteiger partial charge on any atom is -0.304 e. The number of rotatable bonds is 8. The van der Waals surface area contributed by atoms with E-state index in [1.54, 1.807) is 11.6 Å². The topological polar surface area (TPSA) is 66.7 Å². The first-order valence-corrected chi connectivity index (χ1v) is 9.56. The molecule has 0 bridgehead atoms. The van der Waals surface area contributed by atoms with Crippen LogP contribution in [0.3, 0.4) is 0 Å². The molecule has 2 heterocycles. The highest BCUT2D eigenvalue weighted by Crippen LogP contribution is 2.25. The quantitative estimate of drug-likeness (QED) is 0.740. The van der Waals surface area contributed by atoms with Crippen LogP contribution in [0.5, 0.6) is 0 Å². The largest absolute Gasteiger partial charge is 0.304 e. The van der Waals surface area contributed by atoms with Crippen LogP contribution in [0.15, 0.2) is 16.6 Å². The number of fused-ring (bicyclic) bond motifs is 1. The highest BCUT2D eigenvalue weighted by molar-refractivity contribution is 7.89. The van der Waals surface area contributed by atoms with Gasteiger partial charge in [-0.3, -0.25) is 4.40 Å². The van der Waals surface area contributed by atoms with Crippen molar-refractivity contribution in [3.8, 4) is 0 Å². The van der Waals surface area contributed by atoms with E-state index in [0.717, 1.165) is 26.1 Å². The van der Waals surface area contributed by atoms with Gasteiger partial charge in [-0.15, -0.1) is 11.3 Å². The molecule has 0 fully saturated rings. The van der Waals surface area contributed by atoms with Crippen LogP contribution in [-0.2, 0) is 10.0 Å². The molecule has 0 saturated carbocycles. The van der Waals surface area contributed by atoms with E-state index in [4.69, 9.17) is 11.6 Å². The molecule has 21 heavy (non-hydrogen) atoms. The second kappa shape index (κ2) is 7.06. The molecule has 2 rings (SSSR count). The molecule has 2 aromatic heterocycles. The first kappa shape index (κ1) is 16.7. The van der Waals surface area contributed by atoms with E-state index in [0.29, 0.717) is 11.5 Å². The van der Waals surface area contributed by atoms with Crippen molar-refractivity contribution in [3.05, 3.63) is 16.7 Å². The monoisotopic (exact) mass is 350 g/mol. The second-order valence-electron chi connectivity index (χ2n) is 4.54. The molecule has 1 N–H and O–H groups in total. The maximum absolute atomic E-state index is 12.3. The zero-order chi connectivity index (χ0) is 15.5. The van der Waals surface area contributed by atoms with Gasteiger partial charge in [0.2, 0.25) is 0 Å². The predicted molar refractivity (Wildman–Crippen MR) is 85.7 cm³/mol. The molecule has 6 nitrogen and oxygen atoms in total. The molecular weight excluding hydrogens is 332 g/mol. The fourth-order valence-corrected chi connectivity index (χ4v) is 4.62. The lowest BCUT2D eigenvalue weighted by molar-refractivity contribution is 0.300. The first-order valence-electron chi connectivity index (χ1n) is 6.82. The lowest BCUT2D eigenvalue weighted by atomic mass is 10.4. The molecule has 0 aliphatic carbocycles. The van der Waals surface area contributed by atoms with E-state index < -0.39 is 10.0 Å². The Kier molecular flexibility index (Phi) is 5.61. The number of sulfonamides is 1. The predicted octanol–water partition coefficient (Wildman–Crippen LogP) is 2.06. The molecule has 2 aromatic rings. The van der Waals surface area contributed by atoms with Crippen molar-refractivity contribution >= 4 is 37.9 Å². The number of nitrogens with zero attached hydrogens (tertiary/aromatic N) is 3. The molecule has 0 aliphatic rings. The second-order valence-corrected chi connectivity index (χ2v) is 7.45. The van der Waals surface area contributed by atoms with E-state index in [9.17, 15) is 8.42 Å². The van der Waals surface area contributed by atoms with Crippen LogP contribution in [0.2, 0.25) is 5.15 Å². The van der Waals surface area contributed by atoms with E-state index in [1.807, 2.05) is 0 Å². The summed E-state index contributed by atoms with van der Waals surface area (Å²) >= 11 is 7.29. The number of nitrogens with one attached hydrogen (secondary N) is 1. The lowest BCUT2D eigenvalue weighted by Gasteiger charge is -2.17. The molecule has 0 amide bonds. The SMILES string of the molecule is CCN(CC)CCCNS(=O)(=O)c1c(Cl)nc2sccn12. The molecule has 9 heteroatoms. The Morgan fingerprint density at radius 3 is 2.81 bits per heavy atom. The van der Waals surface area contributed by atoms with Crippen LogP contribution in [0, 0.1) is 0 Å². The average molecular weight is 351 g/mol. The third-order valence-electron chi connectivity index (χ3n) is 3.27. The smallest absolute Gasteiger partial charge is 0.259 e. The van der Waals surface area contributed by atoms with Gasteiger partial charge in [-0.1, -0.05) is 25.4 Å². The van der Waals surface area contributed by atoms with E-state index in [1.165, 1.54) is 15.7 Å². The molecule has 0 radical (unpaired) electrons. The van der Waals surface area contributed by atoms with Crippen LogP contribution in [0.4, 0.5) is 0 Å². The van der Waals surface area contributed by atoms with Crippen LogP contribution in [0.25, 0.3) is 4.96 Å². The van der Waals surface area contributed by atoms with E-state index in [-0.39, 0.29) is 10.2 Å². The van der Waals surface area contributed by atoms with Crippen molar-refractivity contribution in [2.45, 2.75) is 25.3 Å². The maximum Gasteiger partial charge on any atom is 0.259 e. The maximum atomic E-state index is 12.3. The zero-order valence-corrected chi connectivity index (χ0v) is 14.4. The Labute approximate surface area is 133 Å². The molecular formula is C12H19ClN4O2S2. The molecule has 118 valence electrons. The van der Waals surface area contributed by atoms with Gasteiger partial charge < -0.3 is 4.90 Å². The molecule has 0 saturated heterocycles. The molecule has 0 spiro atoms. The fraction of sp³-hybridized carbons (Fsp3) is 0.583. The minimum atomic E-state index is -3.65. The average Bonchev–Trinajstić information content (AvgIpc) is 2.98. The van der Waals surface area contributed by atoms with E-state index in [2.05, 4.69) is 28.5 Å². The fourth-order valence-electron chi connectivity index (χ4n) is 2.10. The Morgan fingerprint density at radius 1 is 1.43 bits per heavy atom.